The van der Waals surface area contributed by atoms with Crippen LogP contribution in [-0.4, -0.2) is 42.2 Å². The van der Waals surface area contributed by atoms with Crippen molar-refractivity contribution in [3.05, 3.63) is 46.1 Å². The average molecular weight is 406 g/mol. The van der Waals surface area contributed by atoms with Gasteiger partial charge >= 0.3 is 12.0 Å². The van der Waals surface area contributed by atoms with Crippen LogP contribution in [0.15, 0.2) is 39.9 Å². The third kappa shape index (κ3) is 4.40. The van der Waals surface area contributed by atoms with Crippen LogP contribution in [0.1, 0.15) is 16.6 Å². The number of carbonyl (C=O) groups excluding carboxylic acids is 2. The molecule has 2 heterocycles. The lowest BCUT2D eigenvalue weighted by Crippen LogP contribution is -2.46. The Bertz CT molecular complexity index is 897. The lowest BCUT2D eigenvalue weighted by atomic mass is 9.95. The number of esters is 1. The first-order valence-corrected chi connectivity index (χ1v) is 9.77. The minimum absolute atomic E-state index is 0.346. The first kappa shape index (κ1) is 19.2. The Kier molecular flexibility index (Phi) is 5.97. The number of nitrogens with zero attached hydrogens (tertiary/aromatic N) is 2. The number of urea groups is 1. The number of amides is 2. The van der Waals surface area contributed by atoms with Crippen LogP contribution in [0.2, 0.25) is 0 Å². The number of hydrogen-bond donors (Lipinski definition) is 2. The zero-order chi connectivity index (χ0) is 19.4. The standard InChI is InChI=1S/C17H18N4O4S2/c1-9-20-21-17(27-9)26-8-12-13(15(22)25-3)14(19-16(23)18-12)10-5-4-6-11(7-10)24-2/h4-7,14H,8H2,1-3H3,(H2,18,19,23). The summed E-state index contributed by atoms with van der Waals surface area (Å²) in [6.07, 6.45) is 0. The number of methoxy groups -OCH3 is 2. The molecule has 3 rings (SSSR count). The molecule has 0 spiro atoms. The average Bonchev–Trinajstić information content (AvgIpc) is 3.10. The fraction of sp³-hybridized carbons (Fsp3) is 0.294. The van der Waals surface area contributed by atoms with E-state index in [4.69, 9.17) is 9.47 Å². The highest BCUT2D eigenvalue weighted by molar-refractivity contribution is 8.01. The maximum atomic E-state index is 12.5. The molecular weight excluding hydrogens is 388 g/mol. The van der Waals surface area contributed by atoms with Crippen molar-refractivity contribution in [3.8, 4) is 5.75 Å². The summed E-state index contributed by atoms with van der Waals surface area (Å²) in [6, 6.07) is 6.16. The summed E-state index contributed by atoms with van der Waals surface area (Å²) in [6.45, 7) is 1.87. The third-order valence-corrected chi connectivity index (χ3v) is 5.83. The smallest absolute Gasteiger partial charge is 0.338 e. The van der Waals surface area contributed by atoms with E-state index in [1.807, 2.05) is 13.0 Å². The summed E-state index contributed by atoms with van der Waals surface area (Å²) in [7, 11) is 2.87. The van der Waals surface area contributed by atoms with Crippen LogP contribution in [0.25, 0.3) is 0 Å². The van der Waals surface area contributed by atoms with E-state index in [-0.39, 0.29) is 6.03 Å². The van der Waals surface area contributed by atoms with Crippen molar-refractivity contribution in [3.63, 3.8) is 0 Å². The molecule has 1 atom stereocenters. The molecule has 1 unspecified atom stereocenters. The van der Waals surface area contributed by atoms with Crippen molar-refractivity contribution >= 4 is 35.1 Å². The van der Waals surface area contributed by atoms with Crippen molar-refractivity contribution in [2.75, 3.05) is 20.0 Å². The van der Waals surface area contributed by atoms with Gasteiger partial charge in [-0.25, -0.2) is 9.59 Å². The van der Waals surface area contributed by atoms with Gasteiger partial charge in [0.15, 0.2) is 4.34 Å². The van der Waals surface area contributed by atoms with E-state index < -0.39 is 12.0 Å². The molecule has 2 aromatic rings. The predicted molar refractivity (Wildman–Crippen MR) is 102 cm³/mol. The number of nitrogens with one attached hydrogen (secondary N) is 2. The summed E-state index contributed by atoms with van der Waals surface area (Å²) in [5, 5.41) is 14.4. The first-order valence-electron chi connectivity index (χ1n) is 7.97. The Labute approximate surface area is 164 Å². The van der Waals surface area contributed by atoms with Gasteiger partial charge in [0.25, 0.3) is 0 Å². The first-order chi connectivity index (χ1) is 13.0. The molecule has 142 valence electrons. The Morgan fingerprint density at radius 2 is 2.15 bits per heavy atom. The van der Waals surface area contributed by atoms with E-state index in [0.717, 1.165) is 14.9 Å². The van der Waals surface area contributed by atoms with Gasteiger partial charge in [0.2, 0.25) is 0 Å². The number of rotatable bonds is 6. The largest absolute Gasteiger partial charge is 0.497 e. The van der Waals surface area contributed by atoms with Crippen LogP contribution in [0.4, 0.5) is 4.79 Å². The summed E-state index contributed by atoms with van der Waals surface area (Å²) in [5.41, 5.74) is 1.55. The monoisotopic (exact) mass is 406 g/mol. The molecule has 8 nitrogen and oxygen atoms in total. The number of hydrogen-bond acceptors (Lipinski definition) is 8. The molecule has 0 saturated carbocycles. The summed E-state index contributed by atoms with van der Waals surface area (Å²) in [5.74, 6) is 0.469. The molecule has 0 bridgehead atoms. The van der Waals surface area contributed by atoms with E-state index in [9.17, 15) is 9.59 Å². The molecule has 2 N–H and O–H groups in total. The number of aromatic nitrogens is 2. The minimum atomic E-state index is -0.645. The number of carbonyl (C=O) groups is 2. The molecule has 0 radical (unpaired) electrons. The highest BCUT2D eigenvalue weighted by Crippen LogP contribution is 2.32. The van der Waals surface area contributed by atoms with Crippen LogP contribution in [0.5, 0.6) is 5.75 Å². The molecule has 1 aliphatic heterocycles. The summed E-state index contributed by atoms with van der Waals surface area (Å²) < 4.78 is 11.0. The second-order valence-corrected chi connectivity index (χ2v) is 7.97. The lowest BCUT2D eigenvalue weighted by molar-refractivity contribution is -0.136. The maximum absolute atomic E-state index is 12.5. The van der Waals surface area contributed by atoms with Crippen molar-refractivity contribution in [2.24, 2.45) is 0 Å². The van der Waals surface area contributed by atoms with Crippen LogP contribution in [0, 0.1) is 6.92 Å². The fourth-order valence-electron chi connectivity index (χ4n) is 2.62. The zero-order valence-electron chi connectivity index (χ0n) is 14.9. The SMILES string of the molecule is COC(=O)C1=C(CSc2nnc(C)s2)NC(=O)NC1c1cccc(OC)c1. The normalized spacial score (nSPS) is 16.6. The zero-order valence-corrected chi connectivity index (χ0v) is 16.6. The molecule has 0 aliphatic carbocycles. The van der Waals surface area contributed by atoms with Gasteiger partial charge in [-0.3, -0.25) is 0 Å². The van der Waals surface area contributed by atoms with E-state index in [2.05, 4.69) is 20.8 Å². The Morgan fingerprint density at radius 1 is 1.33 bits per heavy atom. The van der Waals surface area contributed by atoms with Crippen LogP contribution < -0.4 is 15.4 Å². The summed E-state index contributed by atoms with van der Waals surface area (Å²) in [4.78, 5) is 24.7. The number of ether oxygens (including phenoxy) is 2. The van der Waals surface area contributed by atoms with Crippen molar-refractivity contribution < 1.29 is 19.1 Å². The van der Waals surface area contributed by atoms with E-state index in [0.29, 0.717) is 22.8 Å². The second kappa shape index (κ2) is 8.40. The molecule has 1 aromatic carbocycles. The number of aryl methyl sites for hydroxylation is 1. The maximum Gasteiger partial charge on any atom is 0.338 e. The van der Waals surface area contributed by atoms with Gasteiger partial charge in [-0.05, 0) is 24.6 Å². The molecule has 10 heteroatoms. The molecule has 1 aromatic heterocycles. The van der Waals surface area contributed by atoms with Gasteiger partial charge in [0.05, 0.1) is 25.8 Å². The Balaban J connectivity index is 1.97. The van der Waals surface area contributed by atoms with Gasteiger partial charge in [0.1, 0.15) is 10.8 Å². The van der Waals surface area contributed by atoms with Crippen LogP contribution >= 0.6 is 23.1 Å². The van der Waals surface area contributed by atoms with E-state index >= 15 is 0 Å². The Morgan fingerprint density at radius 3 is 2.81 bits per heavy atom. The van der Waals surface area contributed by atoms with E-state index in [1.165, 1.54) is 30.2 Å². The molecule has 0 saturated heterocycles. The predicted octanol–water partition coefficient (Wildman–Crippen LogP) is 2.43. The van der Waals surface area contributed by atoms with Crippen molar-refractivity contribution in [2.45, 2.75) is 17.3 Å². The highest BCUT2D eigenvalue weighted by atomic mass is 32.2. The number of benzene rings is 1. The fourth-order valence-corrected chi connectivity index (χ4v) is 4.41. The van der Waals surface area contributed by atoms with Crippen LogP contribution in [-0.2, 0) is 9.53 Å². The van der Waals surface area contributed by atoms with Crippen molar-refractivity contribution in [1.82, 2.24) is 20.8 Å². The molecule has 0 fully saturated rings. The van der Waals surface area contributed by atoms with Gasteiger partial charge in [0, 0.05) is 11.4 Å². The molecule has 2 amide bonds. The van der Waals surface area contributed by atoms with Gasteiger partial charge < -0.3 is 20.1 Å². The molecular formula is C17H18N4O4S2. The van der Waals surface area contributed by atoms with Gasteiger partial charge in [-0.1, -0.05) is 35.2 Å². The van der Waals surface area contributed by atoms with Gasteiger partial charge in [-0.15, -0.1) is 10.2 Å². The second-order valence-electron chi connectivity index (χ2n) is 5.57. The minimum Gasteiger partial charge on any atom is -0.497 e. The molecule has 27 heavy (non-hydrogen) atoms. The topological polar surface area (TPSA) is 102 Å². The highest BCUT2D eigenvalue weighted by Gasteiger charge is 2.33. The van der Waals surface area contributed by atoms with Crippen LogP contribution in [0.3, 0.4) is 0 Å². The molecule has 1 aliphatic rings. The quantitative estimate of drug-likeness (QED) is 0.561. The van der Waals surface area contributed by atoms with Crippen molar-refractivity contribution in [1.29, 1.82) is 0 Å². The summed E-state index contributed by atoms with van der Waals surface area (Å²) >= 11 is 2.85. The van der Waals surface area contributed by atoms with E-state index in [1.54, 1.807) is 25.3 Å². The third-order valence-electron chi connectivity index (χ3n) is 3.83. The number of thioether (sulfide) groups is 1. The Hall–Kier alpha value is -2.59. The van der Waals surface area contributed by atoms with Gasteiger partial charge in [-0.2, -0.15) is 0 Å². The lowest BCUT2D eigenvalue weighted by Gasteiger charge is -2.29.